The Kier molecular flexibility index (Phi) is 4.53. The van der Waals surface area contributed by atoms with E-state index in [1.54, 1.807) is 22.9 Å². The fraction of sp³-hybridized carbons (Fsp3) is 0.350. The second-order valence-corrected chi connectivity index (χ2v) is 7.06. The summed E-state index contributed by atoms with van der Waals surface area (Å²) in [5.41, 5.74) is 3.40. The molecule has 0 aromatic carbocycles. The van der Waals surface area contributed by atoms with Crippen LogP contribution >= 0.6 is 0 Å². The van der Waals surface area contributed by atoms with Crippen LogP contribution in [0.4, 0.5) is 0 Å². The highest BCUT2D eigenvalue weighted by atomic mass is 16.3. The smallest absolute Gasteiger partial charge is 0.258 e. The van der Waals surface area contributed by atoms with E-state index in [2.05, 4.69) is 14.9 Å². The van der Waals surface area contributed by atoms with Gasteiger partial charge < -0.3 is 5.11 Å². The number of hydrogen-bond donors (Lipinski definition) is 1. The fourth-order valence-electron chi connectivity index (χ4n) is 3.62. The van der Waals surface area contributed by atoms with Crippen molar-refractivity contribution in [1.82, 2.24) is 19.3 Å². The highest BCUT2D eigenvalue weighted by Gasteiger charge is 2.31. The van der Waals surface area contributed by atoms with E-state index in [9.17, 15) is 9.90 Å². The minimum Gasteiger partial charge on any atom is -0.391 e. The van der Waals surface area contributed by atoms with E-state index in [4.69, 9.17) is 0 Å². The van der Waals surface area contributed by atoms with Crippen molar-refractivity contribution in [2.45, 2.75) is 26.0 Å². The number of aliphatic hydroxyl groups is 1. The molecule has 1 saturated heterocycles. The van der Waals surface area contributed by atoms with Gasteiger partial charge in [0.2, 0.25) is 0 Å². The zero-order chi connectivity index (χ0) is 18.1. The highest BCUT2D eigenvalue weighted by Crippen LogP contribution is 2.22. The van der Waals surface area contributed by atoms with Gasteiger partial charge in [0.05, 0.1) is 11.8 Å². The summed E-state index contributed by atoms with van der Waals surface area (Å²) in [6.45, 7) is 3.91. The molecular formula is C20H22N4O2. The van der Waals surface area contributed by atoms with Crippen molar-refractivity contribution in [3.8, 4) is 0 Å². The van der Waals surface area contributed by atoms with Crippen LogP contribution in [-0.2, 0) is 13.0 Å². The van der Waals surface area contributed by atoms with Crippen molar-refractivity contribution in [2.24, 2.45) is 5.92 Å². The molecule has 6 heteroatoms. The average molecular weight is 350 g/mol. The predicted octanol–water partition coefficient (Wildman–Crippen LogP) is 1.43. The molecule has 134 valence electrons. The molecule has 1 fully saturated rings. The van der Waals surface area contributed by atoms with Gasteiger partial charge in [0.15, 0.2) is 0 Å². The molecule has 1 aliphatic heterocycles. The third-order valence-electron chi connectivity index (χ3n) is 4.94. The molecule has 0 aliphatic carbocycles. The summed E-state index contributed by atoms with van der Waals surface area (Å²) in [4.78, 5) is 23.4. The van der Waals surface area contributed by atoms with E-state index in [0.29, 0.717) is 18.7 Å². The quantitative estimate of drug-likeness (QED) is 0.771. The largest absolute Gasteiger partial charge is 0.391 e. The molecule has 3 aromatic heterocycles. The van der Waals surface area contributed by atoms with Gasteiger partial charge in [0, 0.05) is 49.7 Å². The van der Waals surface area contributed by atoms with Gasteiger partial charge in [-0.05, 0) is 43.2 Å². The molecule has 0 bridgehead atoms. The Hall–Kier alpha value is -2.57. The van der Waals surface area contributed by atoms with Crippen molar-refractivity contribution in [3.63, 3.8) is 0 Å². The Balaban J connectivity index is 1.49. The molecule has 1 N–H and O–H groups in total. The second-order valence-electron chi connectivity index (χ2n) is 7.06. The maximum Gasteiger partial charge on any atom is 0.258 e. The Morgan fingerprint density at radius 2 is 2.08 bits per heavy atom. The summed E-state index contributed by atoms with van der Waals surface area (Å²) < 4.78 is 1.55. The van der Waals surface area contributed by atoms with Crippen LogP contribution in [0.1, 0.15) is 17.0 Å². The van der Waals surface area contributed by atoms with Crippen LogP contribution in [0, 0.1) is 12.8 Å². The monoisotopic (exact) mass is 350 g/mol. The molecule has 0 radical (unpaired) electrons. The van der Waals surface area contributed by atoms with Gasteiger partial charge >= 0.3 is 0 Å². The van der Waals surface area contributed by atoms with E-state index in [1.165, 1.54) is 0 Å². The van der Waals surface area contributed by atoms with Crippen LogP contribution in [0.5, 0.6) is 0 Å². The fourth-order valence-corrected chi connectivity index (χ4v) is 3.62. The van der Waals surface area contributed by atoms with Crippen LogP contribution in [-0.4, -0.2) is 43.6 Å². The van der Waals surface area contributed by atoms with Crippen molar-refractivity contribution in [2.75, 3.05) is 13.1 Å². The number of likely N-dealkylation sites (tertiary alicyclic amines) is 1. The zero-order valence-electron chi connectivity index (χ0n) is 14.7. The molecule has 4 heterocycles. The van der Waals surface area contributed by atoms with E-state index in [-0.39, 0.29) is 17.6 Å². The highest BCUT2D eigenvalue weighted by molar-refractivity contribution is 5.41. The van der Waals surface area contributed by atoms with Gasteiger partial charge in [0.1, 0.15) is 5.65 Å². The molecule has 4 rings (SSSR count). The van der Waals surface area contributed by atoms with E-state index in [0.717, 1.165) is 29.9 Å². The number of aromatic nitrogens is 3. The molecule has 0 spiro atoms. The molecule has 1 aliphatic rings. The van der Waals surface area contributed by atoms with Gasteiger partial charge in [-0.15, -0.1) is 0 Å². The number of fused-ring (bicyclic) bond motifs is 1. The second kappa shape index (κ2) is 6.97. The first-order valence-electron chi connectivity index (χ1n) is 8.88. The maximum absolute atomic E-state index is 12.3. The summed E-state index contributed by atoms with van der Waals surface area (Å²) >= 11 is 0. The molecule has 26 heavy (non-hydrogen) atoms. The zero-order valence-corrected chi connectivity index (χ0v) is 14.7. The average Bonchev–Trinajstić information content (AvgIpc) is 2.94. The number of pyridine rings is 2. The number of rotatable bonds is 4. The van der Waals surface area contributed by atoms with Gasteiger partial charge in [-0.3, -0.25) is 19.1 Å². The van der Waals surface area contributed by atoms with Crippen molar-refractivity contribution >= 4 is 5.65 Å². The van der Waals surface area contributed by atoms with Crippen molar-refractivity contribution < 1.29 is 5.11 Å². The van der Waals surface area contributed by atoms with E-state index >= 15 is 0 Å². The van der Waals surface area contributed by atoms with Crippen LogP contribution in [0.15, 0.2) is 53.6 Å². The normalized spacial score (nSPS) is 20.7. The topological polar surface area (TPSA) is 70.7 Å². The maximum atomic E-state index is 12.3. The van der Waals surface area contributed by atoms with E-state index < -0.39 is 0 Å². The van der Waals surface area contributed by atoms with Gasteiger partial charge in [-0.25, -0.2) is 4.98 Å². The Bertz CT molecular complexity index is 970. The molecule has 0 saturated carbocycles. The minimum absolute atomic E-state index is 0.0743. The minimum atomic E-state index is -0.388. The van der Waals surface area contributed by atoms with Crippen LogP contribution < -0.4 is 5.56 Å². The van der Waals surface area contributed by atoms with Gasteiger partial charge in [-0.2, -0.15) is 0 Å². The first-order chi connectivity index (χ1) is 12.6. The van der Waals surface area contributed by atoms with Crippen LogP contribution in [0.3, 0.4) is 0 Å². The Labute approximate surface area is 151 Å². The Morgan fingerprint density at radius 3 is 2.88 bits per heavy atom. The third-order valence-corrected chi connectivity index (χ3v) is 4.94. The molecule has 3 aromatic rings. The first-order valence-corrected chi connectivity index (χ1v) is 8.88. The summed E-state index contributed by atoms with van der Waals surface area (Å²) in [6.07, 6.45) is 3.90. The van der Waals surface area contributed by atoms with E-state index in [1.807, 2.05) is 37.3 Å². The van der Waals surface area contributed by atoms with Crippen molar-refractivity contribution in [3.05, 3.63) is 76.1 Å². The Morgan fingerprint density at radius 1 is 1.19 bits per heavy atom. The molecule has 6 nitrogen and oxygen atoms in total. The summed E-state index contributed by atoms with van der Waals surface area (Å²) in [7, 11) is 0. The lowest BCUT2D eigenvalue weighted by Crippen LogP contribution is -2.24. The lowest BCUT2D eigenvalue weighted by Gasteiger charge is -2.15. The summed E-state index contributed by atoms with van der Waals surface area (Å²) in [6, 6.07) is 11.2. The molecule has 0 unspecified atom stereocenters. The number of β-amino-alcohol motifs (C(OH)–C–C–N with tert-alkyl or cyclic N) is 1. The standard InChI is InChI=1S/C20H22N4O2/c1-14-5-7-24-19(8-14)22-17(10-20(24)26)12-23-11-15(18(25)13-23)9-16-4-2-3-6-21-16/h2-8,10,15,18,25H,9,11-13H2,1H3/t15-,18-/m1/s1. The predicted molar refractivity (Wildman–Crippen MR) is 98.9 cm³/mol. The van der Waals surface area contributed by atoms with Crippen molar-refractivity contribution in [1.29, 1.82) is 0 Å². The van der Waals surface area contributed by atoms with Gasteiger partial charge in [-0.1, -0.05) is 6.07 Å². The SMILES string of the molecule is Cc1ccn2c(=O)cc(CN3C[C@@H](Cc4ccccn4)[C@H](O)C3)nc2c1. The number of hydrogen-bond acceptors (Lipinski definition) is 5. The first kappa shape index (κ1) is 16.9. The lowest BCUT2D eigenvalue weighted by atomic mass is 10.00. The van der Waals surface area contributed by atoms with Gasteiger partial charge in [0.25, 0.3) is 5.56 Å². The lowest BCUT2D eigenvalue weighted by molar-refractivity contribution is 0.140. The van der Waals surface area contributed by atoms with Crippen LogP contribution in [0.25, 0.3) is 5.65 Å². The number of nitrogens with zero attached hydrogens (tertiary/aromatic N) is 4. The third kappa shape index (κ3) is 3.52. The summed E-state index contributed by atoms with van der Waals surface area (Å²) in [5.74, 6) is 0.147. The molecule has 0 amide bonds. The molecular weight excluding hydrogens is 328 g/mol. The number of aryl methyl sites for hydroxylation is 1. The molecule has 2 atom stereocenters. The van der Waals surface area contributed by atoms with Crippen LogP contribution in [0.2, 0.25) is 0 Å². The summed E-state index contributed by atoms with van der Waals surface area (Å²) in [5, 5.41) is 10.4. The number of aliphatic hydroxyl groups excluding tert-OH is 1.